The van der Waals surface area contributed by atoms with Crippen LogP contribution in [0.4, 0.5) is 10.1 Å². The second-order valence-electron chi connectivity index (χ2n) is 4.84. The van der Waals surface area contributed by atoms with E-state index in [2.05, 4.69) is 10.2 Å². The SMILES string of the molecule is CN1CCCC1CNc1ccc(S(N)(=O)=O)cc1F. The summed E-state index contributed by atoms with van der Waals surface area (Å²) in [6.45, 7) is 1.70. The van der Waals surface area contributed by atoms with Gasteiger partial charge in [0.15, 0.2) is 0 Å². The Hall–Kier alpha value is -1.18. The van der Waals surface area contributed by atoms with Gasteiger partial charge in [0, 0.05) is 12.6 Å². The topological polar surface area (TPSA) is 75.4 Å². The quantitative estimate of drug-likeness (QED) is 0.865. The van der Waals surface area contributed by atoms with Gasteiger partial charge in [-0.1, -0.05) is 0 Å². The molecule has 1 aromatic carbocycles. The van der Waals surface area contributed by atoms with Gasteiger partial charge in [0.1, 0.15) is 5.82 Å². The molecule has 0 amide bonds. The van der Waals surface area contributed by atoms with Crippen LogP contribution in [0.3, 0.4) is 0 Å². The van der Waals surface area contributed by atoms with Crippen LogP contribution < -0.4 is 10.5 Å². The van der Waals surface area contributed by atoms with Gasteiger partial charge in [-0.2, -0.15) is 0 Å². The van der Waals surface area contributed by atoms with Crippen molar-refractivity contribution in [3.8, 4) is 0 Å². The van der Waals surface area contributed by atoms with Crippen LogP contribution in [0.25, 0.3) is 0 Å². The molecule has 0 saturated carbocycles. The lowest BCUT2D eigenvalue weighted by molar-refractivity contribution is 0.322. The smallest absolute Gasteiger partial charge is 0.238 e. The van der Waals surface area contributed by atoms with Gasteiger partial charge < -0.3 is 10.2 Å². The number of likely N-dealkylation sites (tertiary alicyclic amines) is 1. The molecule has 0 bridgehead atoms. The number of sulfonamides is 1. The molecule has 5 nitrogen and oxygen atoms in total. The Balaban J connectivity index is 2.05. The summed E-state index contributed by atoms with van der Waals surface area (Å²) in [5.41, 5.74) is 0.299. The van der Waals surface area contributed by atoms with Crippen LogP contribution in [-0.4, -0.2) is 39.5 Å². The number of rotatable bonds is 4. The molecule has 1 unspecified atom stereocenters. The first-order chi connectivity index (χ1) is 8.88. The molecule has 3 N–H and O–H groups in total. The molecule has 1 saturated heterocycles. The zero-order valence-corrected chi connectivity index (χ0v) is 11.6. The molecule has 0 aromatic heterocycles. The lowest BCUT2D eigenvalue weighted by Crippen LogP contribution is -2.31. The molecular weight excluding hydrogens is 269 g/mol. The van der Waals surface area contributed by atoms with Crippen LogP contribution in [0.15, 0.2) is 23.1 Å². The summed E-state index contributed by atoms with van der Waals surface area (Å²) in [5, 5.41) is 7.96. The van der Waals surface area contributed by atoms with Gasteiger partial charge in [-0.15, -0.1) is 0 Å². The fraction of sp³-hybridized carbons (Fsp3) is 0.500. The molecule has 7 heteroatoms. The summed E-state index contributed by atoms with van der Waals surface area (Å²) >= 11 is 0. The Kier molecular flexibility index (Phi) is 4.07. The van der Waals surface area contributed by atoms with Gasteiger partial charge in [-0.3, -0.25) is 0 Å². The summed E-state index contributed by atoms with van der Waals surface area (Å²) in [7, 11) is -1.82. The fourth-order valence-corrected chi connectivity index (χ4v) is 2.81. The number of nitrogens with zero attached hydrogens (tertiary/aromatic N) is 1. The van der Waals surface area contributed by atoms with Crippen LogP contribution in [0.2, 0.25) is 0 Å². The molecule has 1 fully saturated rings. The molecule has 0 spiro atoms. The third-order valence-electron chi connectivity index (χ3n) is 3.47. The van der Waals surface area contributed by atoms with Crippen molar-refractivity contribution >= 4 is 15.7 Å². The molecule has 1 aliphatic rings. The van der Waals surface area contributed by atoms with Crippen LogP contribution in [0.5, 0.6) is 0 Å². The van der Waals surface area contributed by atoms with Crippen molar-refractivity contribution in [3.63, 3.8) is 0 Å². The Morgan fingerprint density at radius 3 is 2.79 bits per heavy atom. The van der Waals surface area contributed by atoms with E-state index < -0.39 is 15.8 Å². The number of halogens is 1. The standard InChI is InChI=1S/C12H18FN3O2S/c1-16-6-2-3-9(16)8-15-12-5-4-10(7-11(12)13)19(14,17)18/h4-5,7,9,15H,2-3,6,8H2,1H3,(H2,14,17,18). The number of hydrogen-bond acceptors (Lipinski definition) is 4. The predicted molar refractivity (Wildman–Crippen MR) is 71.9 cm³/mol. The third kappa shape index (κ3) is 3.43. The largest absolute Gasteiger partial charge is 0.381 e. The average molecular weight is 287 g/mol. The van der Waals surface area contributed by atoms with E-state index in [0.717, 1.165) is 25.5 Å². The minimum Gasteiger partial charge on any atom is -0.381 e. The molecule has 106 valence electrons. The van der Waals surface area contributed by atoms with E-state index in [1.54, 1.807) is 0 Å². The van der Waals surface area contributed by atoms with E-state index in [-0.39, 0.29) is 4.90 Å². The monoisotopic (exact) mass is 287 g/mol. The maximum absolute atomic E-state index is 13.8. The van der Waals surface area contributed by atoms with Crippen molar-refractivity contribution < 1.29 is 12.8 Å². The molecular formula is C12H18FN3O2S. The van der Waals surface area contributed by atoms with E-state index in [1.165, 1.54) is 12.1 Å². The Labute approximate surface area is 112 Å². The molecule has 2 rings (SSSR count). The summed E-state index contributed by atoms with van der Waals surface area (Å²) < 4.78 is 35.9. The van der Waals surface area contributed by atoms with Gasteiger partial charge in [-0.05, 0) is 44.6 Å². The van der Waals surface area contributed by atoms with Crippen LogP contribution in [0, 0.1) is 5.82 Å². The van der Waals surface area contributed by atoms with Crippen LogP contribution in [0.1, 0.15) is 12.8 Å². The zero-order chi connectivity index (χ0) is 14.0. The first kappa shape index (κ1) is 14.2. The van der Waals surface area contributed by atoms with Crippen LogP contribution >= 0.6 is 0 Å². The van der Waals surface area contributed by atoms with E-state index in [0.29, 0.717) is 18.3 Å². The van der Waals surface area contributed by atoms with E-state index >= 15 is 0 Å². The highest BCUT2D eigenvalue weighted by atomic mass is 32.2. The summed E-state index contributed by atoms with van der Waals surface area (Å²) in [4.78, 5) is 2.01. The Morgan fingerprint density at radius 1 is 1.53 bits per heavy atom. The van der Waals surface area contributed by atoms with E-state index in [9.17, 15) is 12.8 Å². The predicted octanol–water partition coefficient (Wildman–Crippen LogP) is 0.979. The maximum atomic E-state index is 13.8. The molecule has 1 heterocycles. The molecule has 1 aliphatic heterocycles. The Bertz CT molecular complexity index is 562. The van der Waals surface area contributed by atoms with Crippen molar-refractivity contribution in [2.45, 2.75) is 23.8 Å². The highest BCUT2D eigenvalue weighted by molar-refractivity contribution is 7.89. The van der Waals surface area contributed by atoms with E-state index in [4.69, 9.17) is 5.14 Å². The van der Waals surface area contributed by atoms with Gasteiger partial charge >= 0.3 is 0 Å². The molecule has 19 heavy (non-hydrogen) atoms. The van der Waals surface area contributed by atoms with Crippen molar-refractivity contribution in [1.29, 1.82) is 0 Å². The normalized spacial score (nSPS) is 20.7. The second kappa shape index (κ2) is 5.44. The summed E-state index contributed by atoms with van der Waals surface area (Å²) in [6.07, 6.45) is 2.23. The minimum atomic E-state index is -3.86. The second-order valence-corrected chi connectivity index (χ2v) is 6.41. The van der Waals surface area contributed by atoms with Crippen LogP contribution in [-0.2, 0) is 10.0 Å². The molecule has 0 radical (unpaired) electrons. The van der Waals surface area contributed by atoms with Crippen molar-refractivity contribution in [2.24, 2.45) is 5.14 Å². The van der Waals surface area contributed by atoms with Crippen molar-refractivity contribution in [3.05, 3.63) is 24.0 Å². The van der Waals surface area contributed by atoms with Gasteiger partial charge in [0.2, 0.25) is 10.0 Å². The lowest BCUT2D eigenvalue weighted by Gasteiger charge is -2.20. The minimum absolute atomic E-state index is 0.214. The molecule has 0 aliphatic carbocycles. The average Bonchev–Trinajstić information content (AvgIpc) is 2.72. The van der Waals surface area contributed by atoms with Gasteiger partial charge in [-0.25, -0.2) is 17.9 Å². The summed E-state index contributed by atoms with van der Waals surface area (Å²) in [6, 6.07) is 4.04. The molecule has 1 atom stereocenters. The number of hydrogen-bond donors (Lipinski definition) is 2. The lowest BCUT2D eigenvalue weighted by atomic mass is 10.2. The fourth-order valence-electron chi connectivity index (χ4n) is 2.28. The first-order valence-corrected chi connectivity index (χ1v) is 7.69. The number of nitrogens with one attached hydrogen (secondary N) is 1. The van der Waals surface area contributed by atoms with Crippen molar-refractivity contribution in [1.82, 2.24) is 4.90 Å². The number of benzene rings is 1. The van der Waals surface area contributed by atoms with Crippen molar-refractivity contribution in [2.75, 3.05) is 25.5 Å². The zero-order valence-electron chi connectivity index (χ0n) is 10.8. The van der Waals surface area contributed by atoms with Gasteiger partial charge in [0.05, 0.1) is 10.6 Å². The highest BCUT2D eigenvalue weighted by Gasteiger charge is 2.20. The maximum Gasteiger partial charge on any atom is 0.238 e. The Morgan fingerprint density at radius 2 is 2.26 bits per heavy atom. The third-order valence-corrected chi connectivity index (χ3v) is 4.38. The number of likely N-dealkylation sites (N-methyl/N-ethyl adjacent to an activating group) is 1. The number of nitrogens with two attached hydrogens (primary N) is 1. The first-order valence-electron chi connectivity index (χ1n) is 6.14. The molecule has 1 aromatic rings. The number of anilines is 1. The van der Waals surface area contributed by atoms with E-state index in [1.807, 2.05) is 7.05 Å². The summed E-state index contributed by atoms with van der Waals surface area (Å²) in [5.74, 6) is -0.604. The number of primary sulfonamides is 1. The highest BCUT2D eigenvalue weighted by Crippen LogP contribution is 2.20. The van der Waals surface area contributed by atoms with Gasteiger partial charge in [0.25, 0.3) is 0 Å².